The second kappa shape index (κ2) is 18.5. The number of hydrogen-bond donors (Lipinski definition) is 0. The lowest BCUT2D eigenvalue weighted by atomic mass is 9.69. The van der Waals surface area contributed by atoms with Gasteiger partial charge in [-0.3, -0.25) is 4.79 Å². The molecule has 0 heterocycles. The molecular formula is C35H51FO. The van der Waals surface area contributed by atoms with Crippen LogP contribution in [0.25, 0.3) is 0 Å². The summed E-state index contributed by atoms with van der Waals surface area (Å²) in [6.45, 7) is 23.0. The van der Waals surface area contributed by atoms with Gasteiger partial charge in [-0.25, -0.2) is 4.39 Å². The van der Waals surface area contributed by atoms with Crippen LogP contribution in [0.15, 0.2) is 84.0 Å². The molecule has 37 heavy (non-hydrogen) atoms. The van der Waals surface area contributed by atoms with Gasteiger partial charge in [-0.2, -0.15) is 0 Å². The van der Waals surface area contributed by atoms with Gasteiger partial charge >= 0.3 is 0 Å². The van der Waals surface area contributed by atoms with Crippen LogP contribution in [0.5, 0.6) is 0 Å². The molecule has 204 valence electrons. The number of carbonyl (C=O) groups is 1. The summed E-state index contributed by atoms with van der Waals surface area (Å²) in [5.74, 6) is 0.660. The molecule has 0 radical (unpaired) electrons. The number of fused-ring (bicyclic) bond motifs is 1. The van der Waals surface area contributed by atoms with Gasteiger partial charge in [0, 0.05) is 5.56 Å². The zero-order chi connectivity index (χ0) is 28.4. The third-order valence-electron chi connectivity index (χ3n) is 7.19. The minimum absolute atomic E-state index is 0.171. The fourth-order valence-electron chi connectivity index (χ4n) is 4.67. The zero-order valence-corrected chi connectivity index (χ0v) is 25.0. The van der Waals surface area contributed by atoms with Crippen molar-refractivity contribution in [1.29, 1.82) is 0 Å². The number of aldehydes is 1. The maximum absolute atomic E-state index is 12.1. The van der Waals surface area contributed by atoms with Gasteiger partial charge in [0.2, 0.25) is 0 Å². The van der Waals surface area contributed by atoms with Crippen LogP contribution in [0.2, 0.25) is 0 Å². The summed E-state index contributed by atoms with van der Waals surface area (Å²) in [6, 6.07) is 14.0. The summed E-state index contributed by atoms with van der Waals surface area (Å²) in [5.41, 5.74) is 8.15. The average molecular weight is 507 g/mol. The molecule has 2 aliphatic carbocycles. The first-order valence-corrected chi connectivity index (χ1v) is 14.1. The maximum Gasteiger partial charge on any atom is 0.150 e. The van der Waals surface area contributed by atoms with Crippen LogP contribution in [0.4, 0.5) is 4.39 Å². The lowest BCUT2D eigenvalue weighted by Gasteiger charge is -2.35. The predicted octanol–water partition coefficient (Wildman–Crippen LogP) is 10.9. The third kappa shape index (κ3) is 10.3. The van der Waals surface area contributed by atoms with Crippen LogP contribution in [0, 0.1) is 24.1 Å². The molecule has 1 fully saturated rings. The lowest BCUT2D eigenvalue weighted by molar-refractivity contribution is 0.112. The molecule has 4 rings (SSSR count). The Bertz CT molecular complexity index is 975. The van der Waals surface area contributed by atoms with Crippen LogP contribution in [-0.2, 0) is 6.42 Å². The topological polar surface area (TPSA) is 17.1 Å². The second-order valence-corrected chi connectivity index (χ2v) is 9.28. The summed E-state index contributed by atoms with van der Waals surface area (Å²) >= 11 is 0. The highest BCUT2D eigenvalue weighted by molar-refractivity contribution is 5.77. The van der Waals surface area contributed by atoms with Gasteiger partial charge in [0.05, 0.1) is 0 Å². The Morgan fingerprint density at radius 2 is 1.59 bits per heavy atom. The number of rotatable bonds is 4. The zero-order valence-electron chi connectivity index (χ0n) is 25.0. The van der Waals surface area contributed by atoms with Crippen LogP contribution in [0.3, 0.4) is 0 Å². The Hall–Kier alpha value is -2.74. The molecule has 1 nitrogen and oxygen atoms in total. The summed E-state index contributed by atoms with van der Waals surface area (Å²) in [6.07, 6.45) is 11.4. The number of carbonyl (C=O) groups excluding carboxylic acids is 1. The van der Waals surface area contributed by atoms with E-state index in [9.17, 15) is 9.18 Å². The Balaban J connectivity index is 0.000000515. The number of benzene rings is 2. The first kappa shape index (κ1) is 34.3. The SMILES string of the molecule is C=CC1=C(CC)C=C2CCC(C)C2(C)C1.CC.CC.CCc1ccccc1C=O.Cc1ccc(F)cc1. The van der Waals surface area contributed by atoms with E-state index in [2.05, 4.69) is 39.5 Å². The number of halogens is 1. The van der Waals surface area contributed by atoms with Crippen molar-refractivity contribution in [2.24, 2.45) is 11.3 Å². The second-order valence-electron chi connectivity index (χ2n) is 9.28. The highest BCUT2D eigenvalue weighted by atomic mass is 19.1. The highest BCUT2D eigenvalue weighted by Gasteiger charge is 2.42. The molecule has 2 aromatic carbocycles. The van der Waals surface area contributed by atoms with E-state index in [-0.39, 0.29) is 5.82 Å². The summed E-state index contributed by atoms with van der Waals surface area (Å²) in [7, 11) is 0. The minimum Gasteiger partial charge on any atom is -0.298 e. The minimum atomic E-state index is -0.171. The largest absolute Gasteiger partial charge is 0.298 e. The average Bonchev–Trinajstić information content (AvgIpc) is 3.25. The van der Waals surface area contributed by atoms with Crippen LogP contribution in [0.1, 0.15) is 103 Å². The molecule has 2 aliphatic rings. The van der Waals surface area contributed by atoms with Gasteiger partial charge in [-0.05, 0) is 79.2 Å². The van der Waals surface area contributed by atoms with E-state index >= 15 is 0 Å². The third-order valence-corrected chi connectivity index (χ3v) is 7.19. The first-order valence-electron chi connectivity index (χ1n) is 14.1. The van der Waals surface area contributed by atoms with Crippen molar-refractivity contribution < 1.29 is 9.18 Å². The van der Waals surface area contributed by atoms with Crippen molar-refractivity contribution >= 4 is 6.29 Å². The van der Waals surface area contributed by atoms with Crippen LogP contribution in [-0.4, -0.2) is 6.29 Å². The normalized spacial score (nSPS) is 19.1. The molecule has 2 unspecified atom stereocenters. The molecule has 0 N–H and O–H groups in total. The molecule has 0 saturated heterocycles. The number of aryl methyl sites for hydroxylation is 2. The van der Waals surface area contributed by atoms with Crippen molar-refractivity contribution in [3.8, 4) is 0 Å². The monoisotopic (exact) mass is 506 g/mol. The molecule has 0 bridgehead atoms. The van der Waals surface area contributed by atoms with E-state index < -0.39 is 0 Å². The fourth-order valence-corrected chi connectivity index (χ4v) is 4.67. The fraction of sp³-hybridized carbons (Fsp3) is 0.457. The van der Waals surface area contributed by atoms with E-state index in [0.29, 0.717) is 5.41 Å². The van der Waals surface area contributed by atoms with E-state index in [1.165, 1.54) is 42.5 Å². The number of allylic oxidation sites excluding steroid dienone is 5. The van der Waals surface area contributed by atoms with Gasteiger partial charge in [0.15, 0.2) is 0 Å². The molecule has 0 aliphatic heterocycles. The van der Waals surface area contributed by atoms with Gasteiger partial charge in [0.1, 0.15) is 12.1 Å². The Morgan fingerprint density at radius 1 is 1.00 bits per heavy atom. The summed E-state index contributed by atoms with van der Waals surface area (Å²) in [5, 5.41) is 0. The van der Waals surface area contributed by atoms with Crippen molar-refractivity contribution in [2.45, 2.75) is 94.4 Å². The van der Waals surface area contributed by atoms with Crippen LogP contribution < -0.4 is 0 Å². The Morgan fingerprint density at radius 3 is 2.05 bits per heavy atom. The van der Waals surface area contributed by atoms with E-state index in [1.807, 2.05) is 65.8 Å². The van der Waals surface area contributed by atoms with Crippen molar-refractivity contribution in [3.63, 3.8) is 0 Å². The van der Waals surface area contributed by atoms with Crippen molar-refractivity contribution in [3.05, 3.63) is 106 Å². The molecule has 0 aromatic heterocycles. The molecule has 2 atom stereocenters. The van der Waals surface area contributed by atoms with Crippen LogP contribution >= 0.6 is 0 Å². The summed E-state index contributed by atoms with van der Waals surface area (Å²) in [4.78, 5) is 10.4. The predicted molar refractivity (Wildman–Crippen MR) is 162 cm³/mol. The standard InChI is InChI=1S/C15H22.C9H10O.C7H7F.2C2H6/c1-5-12-9-14-8-7-11(3)15(14,4)10-13(12)6-2;1-2-8-5-3-4-6-9(8)7-10;1-6-2-4-7(8)5-3-6;2*1-2/h6,9,11H,2,5,7-8,10H2,1,3-4H3;3-7H,2H2,1H3;2-5H,1H3;2*1-2H3. The molecular weight excluding hydrogens is 455 g/mol. The van der Waals surface area contributed by atoms with Crippen molar-refractivity contribution in [1.82, 2.24) is 0 Å². The van der Waals surface area contributed by atoms with Gasteiger partial charge in [-0.1, -0.05) is 122 Å². The lowest BCUT2D eigenvalue weighted by Crippen LogP contribution is -2.24. The van der Waals surface area contributed by atoms with E-state index in [0.717, 1.165) is 41.7 Å². The van der Waals surface area contributed by atoms with E-state index in [4.69, 9.17) is 0 Å². The Kier molecular flexibility index (Phi) is 17.1. The molecule has 2 heteroatoms. The smallest absolute Gasteiger partial charge is 0.150 e. The molecule has 2 aromatic rings. The van der Waals surface area contributed by atoms with Gasteiger partial charge < -0.3 is 0 Å². The first-order chi connectivity index (χ1) is 17.8. The summed E-state index contributed by atoms with van der Waals surface area (Å²) < 4.78 is 12.1. The quantitative estimate of drug-likeness (QED) is 0.377. The maximum atomic E-state index is 12.1. The van der Waals surface area contributed by atoms with Crippen molar-refractivity contribution in [2.75, 3.05) is 0 Å². The Labute approximate surface area is 227 Å². The molecule has 0 spiro atoms. The molecule has 0 amide bonds. The van der Waals surface area contributed by atoms with Gasteiger partial charge in [-0.15, -0.1) is 0 Å². The highest BCUT2D eigenvalue weighted by Crippen LogP contribution is 2.54. The molecule has 1 saturated carbocycles. The number of hydrogen-bond acceptors (Lipinski definition) is 1. The van der Waals surface area contributed by atoms with E-state index in [1.54, 1.807) is 17.7 Å². The van der Waals surface area contributed by atoms with Gasteiger partial charge in [0.25, 0.3) is 0 Å².